The molecule has 4 rings (SSSR count). The predicted molar refractivity (Wildman–Crippen MR) is 106 cm³/mol. The Morgan fingerprint density at radius 3 is 2.64 bits per heavy atom. The van der Waals surface area contributed by atoms with Gasteiger partial charge in [0.1, 0.15) is 11.5 Å². The highest BCUT2D eigenvalue weighted by molar-refractivity contribution is 6.07. The number of carbonyl (C=O) groups excluding carboxylic acids is 2. The molecular weight excluding hydrogens is 358 g/mol. The van der Waals surface area contributed by atoms with Gasteiger partial charge in [0.05, 0.1) is 31.4 Å². The molecule has 3 aromatic rings. The van der Waals surface area contributed by atoms with Crippen molar-refractivity contribution in [3.8, 4) is 11.5 Å². The standard InChI is InChI=1S/C21H21N3O4/c1-27-14-7-8-18(19(9-14)28-2)23-20(25)13-11-24(12-13)21(26)16-10-22-17-6-4-3-5-15(16)17/h3-10,13,22H,11-12H2,1-2H3,(H,23,25). The number of fused-ring (bicyclic) bond motifs is 1. The van der Waals surface area contributed by atoms with Gasteiger partial charge in [0.15, 0.2) is 0 Å². The molecule has 1 aliphatic heterocycles. The molecule has 0 aliphatic carbocycles. The number of rotatable bonds is 5. The summed E-state index contributed by atoms with van der Waals surface area (Å²) in [6.45, 7) is 0.783. The van der Waals surface area contributed by atoms with E-state index in [0.29, 0.717) is 35.8 Å². The molecule has 1 saturated heterocycles. The number of ether oxygens (including phenoxy) is 2. The van der Waals surface area contributed by atoms with Gasteiger partial charge in [-0.15, -0.1) is 0 Å². The van der Waals surface area contributed by atoms with E-state index in [0.717, 1.165) is 10.9 Å². The zero-order valence-electron chi connectivity index (χ0n) is 15.7. The number of H-pyrrole nitrogens is 1. The Labute approximate surface area is 162 Å². The van der Waals surface area contributed by atoms with E-state index in [9.17, 15) is 9.59 Å². The molecule has 1 fully saturated rings. The normalized spacial score (nSPS) is 13.9. The Hall–Kier alpha value is -3.48. The van der Waals surface area contributed by atoms with Gasteiger partial charge in [-0.3, -0.25) is 9.59 Å². The first-order chi connectivity index (χ1) is 13.6. The Morgan fingerprint density at radius 2 is 1.89 bits per heavy atom. The average molecular weight is 379 g/mol. The van der Waals surface area contributed by atoms with Gasteiger partial charge in [-0.25, -0.2) is 0 Å². The van der Waals surface area contributed by atoms with Crippen LogP contribution < -0.4 is 14.8 Å². The SMILES string of the molecule is COc1ccc(NC(=O)C2CN(C(=O)c3c[nH]c4ccccc34)C2)c(OC)c1. The van der Waals surface area contributed by atoms with E-state index in [1.165, 1.54) is 7.11 Å². The van der Waals surface area contributed by atoms with Crippen molar-refractivity contribution in [2.75, 3.05) is 32.6 Å². The predicted octanol–water partition coefficient (Wildman–Crippen LogP) is 2.90. The summed E-state index contributed by atoms with van der Waals surface area (Å²) in [7, 11) is 3.11. The maximum atomic E-state index is 12.7. The summed E-state index contributed by atoms with van der Waals surface area (Å²) in [6, 6.07) is 12.9. The number of hydrogen-bond donors (Lipinski definition) is 2. The molecule has 0 spiro atoms. The molecule has 7 heteroatoms. The maximum absolute atomic E-state index is 12.7. The van der Waals surface area contributed by atoms with E-state index < -0.39 is 0 Å². The molecule has 28 heavy (non-hydrogen) atoms. The third-order valence-electron chi connectivity index (χ3n) is 5.03. The zero-order valence-corrected chi connectivity index (χ0v) is 15.7. The number of methoxy groups -OCH3 is 2. The Kier molecular flexibility index (Phi) is 4.65. The second-order valence-electron chi connectivity index (χ2n) is 6.71. The van der Waals surface area contributed by atoms with Crippen molar-refractivity contribution in [2.45, 2.75) is 0 Å². The number of likely N-dealkylation sites (tertiary alicyclic amines) is 1. The van der Waals surface area contributed by atoms with Crippen LogP contribution in [-0.2, 0) is 4.79 Å². The fourth-order valence-corrected chi connectivity index (χ4v) is 3.37. The van der Waals surface area contributed by atoms with Crippen LogP contribution >= 0.6 is 0 Å². The molecule has 0 unspecified atom stereocenters. The maximum Gasteiger partial charge on any atom is 0.256 e. The van der Waals surface area contributed by atoms with E-state index in [-0.39, 0.29) is 17.7 Å². The average Bonchev–Trinajstić information content (AvgIpc) is 3.11. The molecule has 7 nitrogen and oxygen atoms in total. The highest BCUT2D eigenvalue weighted by Crippen LogP contribution is 2.30. The van der Waals surface area contributed by atoms with Crippen molar-refractivity contribution < 1.29 is 19.1 Å². The smallest absolute Gasteiger partial charge is 0.256 e. The summed E-state index contributed by atoms with van der Waals surface area (Å²) in [6.07, 6.45) is 1.72. The fraction of sp³-hybridized carbons (Fsp3) is 0.238. The van der Waals surface area contributed by atoms with Crippen LogP contribution in [0, 0.1) is 5.92 Å². The third-order valence-corrected chi connectivity index (χ3v) is 5.03. The van der Waals surface area contributed by atoms with Crippen LogP contribution in [0.5, 0.6) is 11.5 Å². The quantitative estimate of drug-likeness (QED) is 0.714. The lowest BCUT2D eigenvalue weighted by Gasteiger charge is -2.38. The highest BCUT2D eigenvalue weighted by Gasteiger charge is 2.37. The largest absolute Gasteiger partial charge is 0.497 e. The van der Waals surface area contributed by atoms with Gasteiger partial charge in [0, 0.05) is 36.3 Å². The number of carbonyl (C=O) groups is 2. The van der Waals surface area contributed by atoms with E-state index >= 15 is 0 Å². The van der Waals surface area contributed by atoms with Crippen LogP contribution in [0.1, 0.15) is 10.4 Å². The van der Waals surface area contributed by atoms with Crippen LogP contribution in [-0.4, -0.2) is 49.0 Å². The van der Waals surface area contributed by atoms with Gasteiger partial charge in [-0.05, 0) is 18.2 Å². The van der Waals surface area contributed by atoms with Crippen LogP contribution in [0.4, 0.5) is 5.69 Å². The minimum Gasteiger partial charge on any atom is -0.497 e. The van der Waals surface area contributed by atoms with Gasteiger partial charge in [0.25, 0.3) is 5.91 Å². The minimum atomic E-state index is -0.249. The first-order valence-corrected chi connectivity index (χ1v) is 8.99. The Balaban J connectivity index is 1.40. The lowest BCUT2D eigenvalue weighted by atomic mass is 9.97. The third kappa shape index (κ3) is 3.15. The molecule has 2 aromatic carbocycles. The summed E-state index contributed by atoms with van der Waals surface area (Å²) < 4.78 is 10.5. The summed E-state index contributed by atoms with van der Waals surface area (Å²) in [4.78, 5) is 30.1. The van der Waals surface area contributed by atoms with Crippen molar-refractivity contribution >= 4 is 28.4 Å². The zero-order chi connectivity index (χ0) is 19.7. The van der Waals surface area contributed by atoms with E-state index in [2.05, 4.69) is 10.3 Å². The van der Waals surface area contributed by atoms with Crippen LogP contribution in [0.15, 0.2) is 48.7 Å². The molecule has 2 heterocycles. The number of nitrogens with one attached hydrogen (secondary N) is 2. The fourth-order valence-electron chi connectivity index (χ4n) is 3.37. The van der Waals surface area contributed by atoms with Gasteiger partial charge in [0.2, 0.25) is 5.91 Å². The first-order valence-electron chi connectivity index (χ1n) is 8.99. The lowest BCUT2D eigenvalue weighted by Crippen LogP contribution is -2.54. The molecular formula is C21H21N3O4. The number of aromatic nitrogens is 1. The van der Waals surface area contributed by atoms with Gasteiger partial charge in [-0.2, -0.15) is 0 Å². The first kappa shape index (κ1) is 17.9. The molecule has 144 valence electrons. The summed E-state index contributed by atoms with van der Waals surface area (Å²) in [5.74, 6) is 0.726. The molecule has 0 radical (unpaired) electrons. The van der Waals surface area contributed by atoms with Crippen LogP contribution in [0.2, 0.25) is 0 Å². The highest BCUT2D eigenvalue weighted by atomic mass is 16.5. The van der Waals surface area contributed by atoms with Crippen molar-refractivity contribution in [3.05, 3.63) is 54.2 Å². The van der Waals surface area contributed by atoms with Gasteiger partial charge >= 0.3 is 0 Å². The second-order valence-corrected chi connectivity index (χ2v) is 6.71. The number of para-hydroxylation sites is 1. The second kappa shape index (κ2) is 7.26. The van der Waals surface area contributed by atoms with E-state index in [4.69, 9.17) is 9.47 Å². The van der Waals surface area contributed by atoms with Gasteiger partial charge < -0.3 is 24.7 Å². The Morgan fingerprint density at radius 1 is 1.11 bits per heavy atom. The summed E-state index contributed by atoms with van der Waals surface area (Å²) in [5, 5.41) is 3.77. The number of nitrogens with zero attached hydrogens (tertiary/aromatic N) is 1. The molecule has 2 amide bonds. The number of benzene rings is 2. The molecule has 2 N–H and O–H groups in total. The van der Waals surface area contributed by atoms with Crippen molar-refractivity contribution in [2.24, 2.45) is 5.92 Å². The minimum absolute atomic E-state index is 0.0662. The molecule has 1 aromatic heterocycles. The molecule has 0 bridgehead atoms. The topological polar surface area (TPSA) is 83.7 Å². The summed E-state index contributed by atoms with van der Waals surface area (Å²) in [5.41, 5.74) is 2.13. The molecule has 0 saturated carbocycles. The van der Waals surface area contributed by atoms with Crippen molar-refractivity contribution in [3.63, 3.8) is 0 Å². The monoisotopic (exact) mass is 379 g/mol. The van der Waals surface area contributed by atoms with Crippen molar-refractivity contribution in [1.29, 1.82) is 0 Å². The van der Waals surface area contributed by atoms with Crippen LogP contribution in [0.25, 0.3) is 10.9 Å². The van der Waals surface area contributed by atoms with Crippen LogP contribution in [0.3, 0.4) is 0 Å². The van der Waals surface area contributed by atoms with E-state index in [1.54, 1.807) is 36.4 Å². The lowest BCUT2D eigenvalue weighted by molar-refractivity contribution is -0.123. The number of aromatic amines is 1. The molecule has 0 atom stereocenters. The number of amides is 2. The van der Waals surface area contributed by atoms with E-state index in [1.807, 2.05) is 24.3 Å². The van der Waals surface area contributed by atoms with Gasteiger partial charge in [-0.1, -0.05) is 18.2 Å². The summed E-state index contributed by atoms with van der Waals surface area (Å²) >= 11 is 0. The van der Waals surface area contributed by atoms with Crippen molar-refractivity contribution in [1.82, 2.24) is 9.88 Å². The molecule has 1 aliphatic rings. The Bertz CT molecular complexity index is 1040. The number of anilines is 1. The number of hydrogen-bond acceptors (Lipinski definition) is 4.